The van der Waals surface area contributed by atoms with Gasteiger partial charge in [0.1, 0.15) is 0 Å². The first kappa shape index (κ1) is 15.5. The van der Waals surface area contributed by atoms with E-state index in [9.17, 15) is 4.79 Å². The van der Waals surface area contributed by atoms with E-state index in [0.717, 1.165) is 51.4 Å². The van der Waals surface area contributed by atoms with Crippen molar-refractivity contribution in [1.29, 1.82) is 0 Å². The highest BCUT2D eigenvalue weighted by Gasteiger charge is 2.20. The number of hydrogen-bond acceptors (Lipinski definition) is 2. The Morgan fingerprint density at radius 3 is 2.78 bits per heavy atom. The zero-order valence-electron chi connectivity index (χ0n) is 11.6. The number of likely N-dealkylation sites (N-methyl/N-ethyl adjacent to an activating group) is 1. The molecule has 1 aliphatic rings. The normalized spacial score (nSPS) is 20.7. The summed E-state index contributed by atoms with van der Waals surface area (Å²) >= 11 is 5.70. The van der Waals surface area contributed by atoms with Crippen molar-refractivity contribution in [2.45, 2.75) is 26.7 Å². The fourth-order valence-electron chi connectivity index (χ4n) is 2.37. The maximum absolute atomic E-state index is 11.8. The van der Waals surface area contributed by atoms with E-state index in [1.54, 1.807) is 6.08 Å². The first-order valence-corrected chi connectivity index (χ1v) is 7.50. The summed E-state index contributed by atoms with van der Waals surface area (Å²) in [5.41, 5.74) is 0. The van der Waals surface area contributed by atoms with Crippen LogP contribution in [0.15, 0.2) is 12.2 Å². The Bertz CT molecular complexity index is 277. The molecule has 4 heteroatoms. The van der Waals surface area contributed by atoms with Crippen LogP contribution in [0.4, 0.5) is 0 Å². The van der Waals surface area contributed by atoms with Crippen molar-refractivity contribution >= 4 is 17.5 Å². The summed E-state index contributed by atoms with van der Waals surface area (Å²) in [5, 5.41) is 0. The van der Waals surface area contributed by atoms with Gasteiger partial charge in [0.15, 0.2) is 0 Å². The second kappa shape index (κ2) is 8.54. The molecule has 1 aliphatic heterocycles. The van der Waals surface area contributed by atoms with Crippen LogP contribution in [-0.4, -0.2) is 54.3 Å². The molecular weight excluding hydrogens is 248 g/mol. The minimum Gasteiger partial charge on any atom is -0.340 e. The second-order valence-corrected chi connectivity index (χ2v) is 5.14. The molecule has 18 heavy (non-hydrogen) atoms. The molecule has 1 atom stereocenters. The van der Waals surface area contributed by atoms with Crippen molar-refractivity contribution in [2.75, 3.05) is 38.6 Å². The molecule has 0 spiro atoms. The Labute approximate surface area is 116 Å². The molecule has 3 nitrogen and oxygen atoms in total. The molecule has 1 fully saturated rings. The van der Waals surface area contributed by atoms with Crippen molar-refractivity contribution < 1.29 is 4.79 Å². The zero-order chi connectivity index (χ0) is 13.4. The van der Waals surface area contributed by atoms with Crippen molar-refractivity contribution in [3.8, 4) is 0 Å². The Morgan fingerprint density at radius 1 is 1.44 bits per heavy atom. The minimum absolute atomic E-state index is 0.138. The molecule has 0 unspecified atom stereocenters. The highest BCUT2D eigenvalue weighted by molar-refractivity contribution is 6.17. The summed E-state index contributed by atoms with van der Waals surface area (Å²) in [6.45, 7) is 8.87. The van der Waals surface area contributed by atoms with E-state index in [4.69, 9.17) is 11.6 Å². The molecule has 0 N–H and O–H groups in total. The topological polar surface area (TPSA) is 23.6 Å². The SMILES string of the molecule is CCN(CC)C(=O)C=C[C@@H]1CCN(CCCCl)C1. The van der Waals surface area contributed by atoms with E-state index in [2.05, 4.69) is 11.0 Å². The Kier molecular flexibility index (Phi) is 7.36. The summed E-state index contributed by atoms with van der Waals surface area (Å²) in [5.74, 6) is 1.40. The Hall–Kier alpha value is -0.540. The summed E-state index contributed by atoms with van der Waals surface area (Å²) in [6.07, 6.45) is 6.05. The molecule has 0 radical (unpaired) electrons. The van der Waals surface area contributed by atoms with Gasteiger partial charge in [-0.3, -0.25) is 4.79 Å². The fourth-order valence-corrected chi connectivity index (χ4v) is 2.48. The molecule has 0 saturated carbocycles. The molecule has 1 heterocycles. The first-order valence-electron chi connectivity index (χ1n) is 6.96. The first-order chi connectivity index (χ1) is 8.71. The third-order valence-electron chi connectivity index (χ3n) is 3.50. The quantitative estimate of drug-likeness (QED) is 0.525. The smallest absolute Gasteiger partial charge is 0.246 e. The van der Waals surface area contributed by atoms with Crippen molar-refractivity contribution in [3.05, 3.63) is 12.2 Å². The van der Waals surface area contributed by atoms with Crippen LogP contribution in [-0.2, 0) is 4.79 Å². The maximum atomic E-state index is 11.8. The van der Waals surface area contributed by atoms with Gasteiger partial charge in [0.2, 0.25) is 5.91 Å². The summed E-state index contributed by atoms with van der Waals surface area (Å²) in [7, 11) is 0. The highest BCUT2D eigenvalue weighted by atomic mass is 35.5. The van der Waals surface area contributed by atoms with Gasteiger partial charge in [-0.05, 0) is 51.8 Å². The van der Waals surface area contributed by atoms with E-state index < -0.39 is 0 Å². The van der Waals surface area contributed by atoms with Gasteiger partial charge in [-0.1, -0.05) is 6.08 Å². The summed E-state index contributed by atoms with van der Waals surface area (Å²) in [6, 6.07) is 0. The lowest BCUT2D eigenvalue weighted by atomic mass is 10.1. The predicted octanol–water partition coefficient (Wildman–Crippen LogP) is 2.36. The van der Waals surface area contributed by atoms with Crippen LogP contribution in [0.1, 0.15) is 26.7 Å². The number of amides is 1. The number of carbonyl (C=O) groups is 1. The van der Waals surface area contributed by atoms with Crippen molar-refractivity contribution in [1.82, 2.24) is 9.80 Å². The van der Waals surface area contributed by atoms with Crippen molar-refractivity contribution in [2.24, 2.45) is 5.92 Å². The van der Waals surface area contributed by atoms with Gasteiger partial charge in [-0.25, -0.2) is 0 Å². The summed E-state index contributed by atoms with van der Waals surface area (Å²) < 4.78 is 0. The molecule has 0 bridgehead atoms. The van der Waals surface area contributed by atoms with Crippen LogP contribution >= 0.6 is 11.6 Å². The lowest BCUT2D eigenvalue weighted by Crippen LogP contribution is -2.28. The number of halogens is 1. The fraction of sp³-hybridized carbons (Fsp3) is 0.786. The largest absolute Gasteiger partial charge is 0.340 e. The Morgan fingerprint density at radius 2 is 2.17 bits per heavy atom. The van der Waals surface area contributed by atoms with E-state index in [0.29, 0.717) is 5.92 Å². The summed E-state index contributed by atoms with van der Waals surface area (Å²) in [4.78, 5) is 16.1. The molecule has 0 aromatic carbocycles. The van der Waals surface area contributed by atoms with Gasteiger partial charge in [0.05, 0.1) is 0 Å². The van der Waals surface area contributed by atoms with Gasteiger partial charge in [0, 0.05) is 25.5 Å². The maximum Gasteiger partial charge on any atom is 0.246 e. The van der Waals surface area contributed by atoms with Crippen LogP contribution < -0.4 is 0 Å². The van der Waals surface area contributed by atoms with Gasteiger partial charge in [-0.2, -0.15) is 0 Å². The van der Waals surface area contributed by atoms with Gasteiger partial charge >= 0.3 is 0 Å². The zero-order valence-corrected chi connectivity index (χ0v) is 12.3. The number of carbonyl (C=O) groups excluding carboxylic acids is 1. The van der Waals surface area contributed by atoms with E-state index in [1.165, 1.54) is 0 Å². The number of alkyl halides is 1. The van der Waals surface area contributed by atoms with Gasteiger partial charge in [0.25, 0.3) is 0 Å². The number of hydrogen-bond donors (Lipinski definition) is 0. The third-order valence-corrected chi connectivity index (χ3v) is 3.77. The molecular formula is C14H25ClN2O. The third kappa shape index (κ3) is 4.99. The number of nitrogens with zero attached hydrogens (tertiary/aromatic N) is 2. The molecule has 0 aliphatic carbocycles. The number of likely N-dealkylation sites (tertiary alicyclic amines) is 1. The average molecular weight is 273 g/mol. The van der Waals surface area contributed by atoms with Crippen molar-refractivity contribution in [3.63, 3.8) is 0 Å². The average Bonchev–Trinajstić information content (AvgIpc) is 2.83. The standard InChI is InChI=1S/C14H25ClN2O/c1-3-17(4-2)14(18)7-6-13-8-11-16(12-13)10-5-9-15/h6-7,13H,3-5,8-12H2,1-2H3/t13-/m1/s1. The predicted molar refractivity (Wildman–Crippen MR) is 77.0 cm³/mol. The lowest BCUT2D eigenvalue weighted by molar-refractivity contribution is -0.125. The van der Waals surface area contributed by atoms with E-state index in [1.807, 2.05) is 18.7 Å². The molecule has 104 valence electrons. The van der Waals surface area contributed by atoms with Crippen LogP contribution in [0.25, 0.3) is 0 Å². The lowest BCUT2D eigenvalue weighted by Gasteiger charge is -2.16. The Balaban J connectivity index is 2.33. The molecule has 1 rings (SSSR count). The van der Waals surface area contributed by atoms with E-state index >= 15 is 0 Å². The number of rotatable bonds is 7. The minimum atomic E-state index is 0.138. The van der Waals surface area contributed by atoms with E-state index in [-0.39, 0.29) is 5.91 Å². The molecule has 1 amide bonds. The van der Waals surface area contributed by atoms with Crippen LogP contribution in [0, 0.1) is 5.92 Å². The van der Waals surface area contributed by atoms with Crippen LogP contribution in [0.5, 0.6) is 0 Å². The monoisotopic (exact) mass is 272 g/mol. The highest BCUT2D eigenvalue weighted by Crippen LogP contribution is 2.17. The van der Waals surface area contributed by atoms with Gasteiger partial charge in [-0.15, -0.1) is 11.6 Å². The molecule has 0 aromatic rings. The molecule has 0 aromatic heterocycles. The van der Waals surface area contributed by atoms with Crippen LogP contribution in [0.2, 0.25) is 0 Å². The van der Waals surface area contributed by atoms with Crippen LogP contribution in [0.3, 0.4) is 0 Å². The molecule has 1 saturated heterocycles. The second-order valence-electron chi connectivity index (χ2n) is 4.76. The van der Waals surface area contributed by atoms with Gasteiger partial charge < -0.3 is 9.80 Å².